The largest absolute Gasteiger partial charge is 0.326 e. The molecule has 0 saturated heterocycles. The Morgan fingerprint density at radius 1 is 0.806 bits per heavy atom. The summed E-state index contributed by atoms with van der Waals surface area (Å²) in [5.41, 5.74) is 3.01. The van der Waals surface area contributed by atoms with E-state index in [1.165, 1.54) is 17.5 Å². The molecule has 0 aliphatic carbocycles. The summed E-state index contributed by atoms with van der Waals surface area (Å²) in [6.45, 7) is 1.59. The van der Waals surface area contributed by atoms with E-state index in [4.69, 9.17) is 0 Å². The van der Waals surface area contributed by atoms with Crippen molar-refractivity contribution in [2.75, 3.05) is 21.2 Å². The Morgan fingerprint density at radius 3 is 1.87 bits per heavy atom. The molecule has 31 heavy (non-hydrogen) atoms. The fourth-order valence-corrected chi connectivity index (χ4v) is 3.85. The molecule has 2 amide bonds. The lowest BCUT2D eigenvalue weighted by Gasteiger charge is -2.22. The molecule has 0 fully saturated rings. The lowest BCUT2D eigenvalue weighted by Crippen LogP contribution is -2.29. The maximum atomic E-state index is 12.5. The molecule has 3 rings (SSSR count). The number of hydrogen-bond donors (Lipinski definition) is 2. The fraction of sp³-hybridized carbons (Fsp3) is 0.130. The number of benzene rings is 3. The Labute approximate surface area is 181 Å². The van der Waals surface area contributed by atoms with E-state index in [0.717, 1.165) is 5.56 Å². The molecule has 0 saturated carbocycles. The van der Waals surface area contributed by atoms with Gasteiger partial charge < -0.3 is 10.6 Å². The van der Waals surface area contributed by atoms with E-state index >= 15 is 0 Å². The van der Waals surface area contributed by atoms with Gasteiger partial charge in [0, 0.05) is 23.9 Å². The third-order valence-corrected chi connectivity index (χ3v) is 5.59. The lowest BCUT2D eigenvalue weighted by atomic mass is 10.1. The molecule has 3 aromatic carbocycles. The average molecular weight is 438 g/mol. The van der Waals surface area contributed by atoms with Gasteiger partial charge in [-0.15, -0.1) is 0 Å². The number of sulfonamides is 1. The van der Waals surface area contributed by atoms with E-state index < -0.39 is 10.0 Å². The number of amides is 2. The number of rotatable bonds is 7. The summed E-state index contributed by atoms with van der Waals surface area (Å²) in [6, 6.07) is 22.4. The van der Waals surface area contributed by atoms with Crippen molar-refractivity contribution in [2.45, 2.75) is 13.5 Å². The van der Waals surface area contributed by atoms with Crippen LogP contribution in [0.25, 0.3) is 0 Å². The molecular formula is C23H23N3O4S. The molecule has 0 radical (unpaired) electrons. The number of nitrogens with zero attached hydrogens (tertiary/aromatic N) is 1. The molecule has 0 bridgehead atoms. The van der Waals surface area contributed by atoms with Gasteiger partial charge in [0.05, 0.1) is 18.5 Å². The minimum absolute atomic E-state index is 0.162. The van der Waals surface area contributed by atoms with Crippen LogP contribution in [0.3, 0.4) is 0 Å². The summed E-state index contributed by atoms with van der Waals surface area (Å²) in [7, 11) is -3.47. The SMILES string of the molecule is CC(=O)Nc1ccc(NC(=O)c2ccc(CN(c3ccccc3)S(C)(=O)=O)cc2)cc1. The molecule has 0 atom stereocenters. The summed E-state index contributed by atoms with van der Waals surface area (Å²) in [4.78, 5) is 23.6. The Morgan fingerprint density at radius 2 is 1.35 bits per heavy atom. The standard InChI is InChI=1S/C23H23N3O4S/c1-17(27)24-20-12-14-21(15-13-20)25-23(28)19-10-8-18(9-11-19)16-26(31(2,29)30)22-6-4-3-5-7-22/h3-15H,16H2,1-2H3,(H,24,27)(H,25,28). The first-order valence-corrected chi connectivity index (χ1v) is 11.4. The highest BCUT2D eigenvalue weighted by Crippen LogP contribution is 2.21. The molecule has 8 heteroatoms. The van der Waals surface area contributed by atoms with Crippen molar-refractivity contribution in [3.8, 4) is 0 Å². The van der Waals surface area contributed by atoms with Crippen LogP contribution in [0.5, 0.6) is 0 Å². The number of anilines is 3. The molecule has 3 aromatic rings. The maximum Gasteiger partial charge on any atom is 0.255 e. The van der Waals surface area contributed by atoms with Gasteiger partial charge in [-0.2, -0.15) is 0 Å². The highest BCUT2D eigenvalue weighted by Gasteiger charge is 2.17. The van der Waals surface area contributed by atoms with Gasteiger partial charge >= 0.3 is 0 Å². The minimum Gasteiger partial charge on any atom is -0.326 e. The van der Waals surface area contributed by atoms with Crippen molar-refractivity contribution in [3.63, 3.8) is 0 Å². The average Bonchev–Trinajstić information content (AvgIpc) is 2.73. The van der Waals surface area contributed by atoms with Gasteiger partial charge in [0.1, 0.15) is 0 Å². The summed E-state index contributed by atoms with van der Waals surface area (Å²) in [6.07, 6.45) is 1.17. The first kappa shape index (κ1) is 22.0. The van der Waals surface area contributed by atoms with Gasteiger partial charge in [0.2, 0.25) is 15.9 Å². The van der Waals surface area contributed by atoms with Gasteiger partial charge in [-0.05, 0) is 54.1 Å². The zero-order chi connectivity index (χ0) is 22.4. The maximum absolute atomic E-state index is 12.5. The summed E-state index contributed by atoms with van der Waals surface area (Å²) in [5.74, 6) is -0.458. The van der Waals surface area contributed by atoms with Crippen molar-refractivity contribution < 1.29 is 18.0 Å². The number of para-hydroxylation sites is 1. The number of hydrogen-bond acceptors (Lipinski definition) is 4. The second-order valence-electron chi connectivity index (χ2n) is 7.01. The second kappa shape index (κ2) is 9.44. The van der Waals surface area contributed by atoms with Crippen molar-refractivity contribution in [1.82, 2.24) is 0 Å². The molecule has 0 aromatic heterocycles. The van der Waals surface area contributed by atoms with Crippen LogP contribution in [-0.4, -0.2) is 26.5 Å². The van der Waals surface area contributed by atoms with Crippen molar-refractivity contribution in [3.05, 3.63) is 90.0 Å². The van der Waals surface area contributed by atoms with Crippen LogP contribution in [0.4, 0.5) is 17.1 Å². The third-order valence-electron chi connectivity index (χ3n) is 4.45. The van der Waals surface area contributed by atoms with Gasteiger partial charge in [0.25, 0.3) is 5.91 Å². The molecule has 0 aliphatic rings. The van der Waals surface area contributed by atoms with Gasteiger partial charge in [-0.1, -0.05) is 30.3 Å². The van der Waals surface area contributed by atoms with Crippen LogP contribution in [-0.2, 0) is 21.4 Å². The molecular weight excluding hydrogens is 414 g/mol. The topological polar surface area (TPSA) is 95.6 Å². The molecule has 0 aliphatic heterocycles. The van der Waals surface area contributed by atoms with Gasteiger partial charge in [-0.3, -0.25) is 13.9 Å². The van der Waals surface area contributed by atoms with Gasteiger partial charge in [0.15, 0.2) is 0 Å². The van der Waals surface area contributed by atoms with Crippen molar-refractivity contribution in [1.29, 1.82) is 0 Å². The lowest BCUT2D eigenvalue weighted by molar-refractivity contribution is -0.114. The molecule has 0 unspecified atom stereocenters. The summed E-state index contributed by atoms with van der Waals surface area (Å²) in [5, 5.41) is 5.45. The highest BCUT2D eigenvalue weighted by molar-refractivity contribution is 7.92. The van der Waals surface area contributed by atoms with Gasteiger partial charge in [-0.25, -0.2) is 8.42 Å². The molecule has 7 nitrogen and oxygen atoms in total. The normalized spacial score (nSPS) is 10.9. The van der Waals surface area contributed by atoms with E-state index in [0.29, 0.717) is 22.6 Å². The zero-order valence-corrected chi connectivity index (χ0v) is 18.0. The summed E-state index contributed by atoms with van der Waals surface area (Å²) >= 11 is 0. The van der Waals surface area contributed by atoms with Crippen LogP contribution in [0.15, 0.2) is 78.9 Å². The third kappa shape index (κ3) is 6.16. The first-order valence-electron chi connectivity index (χ1n) is 9.53. The fourth-order valence-electron chi connectivity index (χ4n) is 2.97. The number of carbonyl (C=O) groups is 2. The Hall–Kier alpha value is -3.65. The van der Waals surface area contributed by atoms with E-state index in [9.17, 15) is 18.0 Å². The summed E-state index contributed by atoms with van der Waals surface area (Å²) < 4.78 is 25.8. The number of nitrogens with one attached hydrogen (secondary N) is 2. The zero-order valence-electron chi connectivity index (χ0n) is 17.2. The molecule has 2 N–H and O–H groups in total. The van der Waals surface area contributed by atoms with Crippen LogP contribution >= 0.6 is 0 Å². The minimum atomic E-state index is -3.47. The molecule has 0 heterocycles. The molecule has 160 valence electrons. The monoisotopic (exact) mass is 437 g/mol. The first-order chi connectivity index (χ1) is 14.7. The van der Waals surface area contributed by atoms with E-state index in [1.807, 2.05) is 6.07 Å². The predicted octanol–water partition coefficient (Wildman–Crippen LogP) is 3.86. The quantitative estimate of drug-likeness (QED) is 0.587. The Kier molecular flexibility index (Phi) is 6.71. The van der Waals surface area contributed by atoms with E-state index in [-0.39, 0.29) is 18.4 Å². The Bertz CT molecular complexity index is 1160. The van der Waals surface area contributed by atoms with Crippen LogP contribution in [0.1, 0.15) is 22.8 Å². The predicted molar refractivity (Wildman–Crippen MR) is 123 cm³/mol. The van der Waals surface area contributed by atoms with E-state index in [1.54, 1.807) is 72.8 Å². The van der Waals surface area contributed by atoms with E-state index in [2.05, 4.69) is 10.6 Å². The number of carbonyl (C=O) groups excluding carboxylic acids is 2. The van der Waals surface area contributed by atoms with Crippen LogP contribution in [0.2, 0.25) is 0 Å². The van der Waals surface area contributed by atoms with Crippen LogP contribution < -0.4 is 14.9 Å². The highest BCUT2D eigenvalue weighted by atomic mass is 32.2. The second-order valence-corrected chi connectivity index (χ2v) is 8.92. The Balaban J connectivity index is 1.69. The van der Waals surface area contributed by atoms with Crippen molar-refractivity contribution in [2.24, 2.45) is 0 Å². The van der Waals surface area contributed by atoms with Crippen molar-refractivity contribution >= 4 is 38.9 Å². The smallest absolute Gasteiger partial charge is 0.255 e. The van der Waals surface area contributed by atoms with Crippen LogP contribution in [0, 0.1) is 0 Å². The molecule has 0 spiro atoms.